The molecule has 1 amide bonds. The molecule has 1 aliphatic rings. The van der Waals surface area contributed by atoms with Crippen LogP contribution >= 0.6 is 0 Å². The zero-order valence-electron chi connectivity index (χ0n) is 5.96. The molecular weight excluding hydrogens is 130 g/mol. The van der Waals surface area contributed by atoms with E-state index in [9.17, 15) is 4.79 Å². The summed E-state index contributed by atoms with van der Waals surface area (Å²) in [5, 5.41) is 2.78. The van der Waals surface area contributed by atoms with Crippen LogP contribution in [0.15, 0.2) is 12.3 Å². The summed E-state index contributed by atoms with van der Waals surface area (Å²) >= 11 is 0. The summed E-state index contributed by atoms with van der Waals surface area (Å²) < 4.78 is 4.95. The largest absolute Gasteiger partial charge is 0.501 e. The van der Waals surface area contributed by atoms with E-state index < -0.39 is 0 Å². The van der Waals surface area contributed by atoms with Gasteiger partial charge in [0.05, 0.1) is 18.9 Å². The van der Waals surface area contributed by atoms with Crippen molar-refractivity contribution >= 4 is 5.91 Å². The molecule has 1 atom stereocenters. The van der Waals surface area contributed by atoms with Crippen molar-refractivity contribution in [2.24, 2.45) is 0 Å². The van der Waals surface area contributed by atoms with E-state index in [4.69, 9.17) is 4.74 Å². The molecule has 0 aromatic rings. The molecule has 0 bridgehead atoms. The SMILES string of the molecule is CC(=O)NC1C=COCC1. The van der Waals surface area contributed by atoms with E-state index >= 15 is 0 Å². The van der Waals surface area contributed by atoms with Crippen molar-refractivity contribution in [2.75, 3.05) is 6.61 Å². The second-order valence-corrected chi connectivity index (χ2v) is 2.30. The second-order valence-electron chi connectivity index (χ2n) is 2.30. The highest BCUT2D eigenvalue weighted by Crippen LogP contribution is 2.01. The number of amides is 1. The van der Waals surface area contributed by atoms with Gasteiger partial charge in [0.25, 0.3) is 0 Å². The van der Waals surface area contributed by atoms with Gasteiger partial charge in [-0.1, -0.05) is 0 Å². The van der Waals surface area contributed by atoms with Crippen molar-refractivity contribution in [1.29, 1.82) is 0 Å². The molecule has 0 saturated heterocycles. The average Bonchev–Trinajstić information content (AvgIpc) is 1.88. The Kier molecular flexibility index (Phi) is 2.31. The molecule has 0 saturated carbocycles. The third kappa shape index (κ3) is 2.09. The van der Waals surface area contributed by atoms with Crippen LogP contribution in [-0.2, 0) is 9.53 Å². The van der Waals surface area contributed by atoms with E-state index in [1.165, 1.54) is 6.92 Å². The Bertz CT molecular complexity index is 154. The Morgan fingerprint density at radius 2 is 2.60 bits per heavy atom. The lowest BCUT2D eigenvalue weighted by molar-refractivity contribution is -0.119. The highest BCUT2D eigenvalue weighted by Gasteiger charge is 2.08. The number of hydrogen-bond acceptors (Lipinski definition) is 2. The normalized spacial score (nSPS) is 23.5. The standard InChI is InChI=1S/C7H11NO2/c1-6(9)8-7-2-4-10-5-3-7/h2,4,7H,3,5H2,1H3,(H,8,9). The molecule has 0 radical (unpaired) electrons. The summed E-state index contributed by atoms with van der Waals surface area (Å²) in [6.07, 6.45) is 4.35. The van der Waals surface area contributed by atoms with E-state index in [0.717, 1.165) is 6.42 Å². The average molecular weight is 141 g/mol. The van der Waals surface area contributed by atoms with Gasteiger partial charge >= 0.3 is 0 Å². The molecule has 0 aromatic heterocycles. The van der Waals surface area contributed by atoms with Crippen LogP contribution in [0.2, 0.25) is 0 Å². The summed E-state index contributed by atoms with van der Waals surface area (Å²) in [4.78, 5) is 10.5. The van der Waals surface area contributed by atoms with Crippen molar-refractivity contribution in [1.82, 2.24) is 5.32 Å². The molecule has 56 valence electrons. The highest BCUT2D eigenvalue weighted by atomic mass is 16.5. The molecule has 1 heterocycles. The van der Waals surface area contributed by atoms with Gasteiger partial charge in [0.15, 0.2) is 0 Å². The maximum absolute atomic E-state index is 10.5. The highest BCUT2D eigenvalue weighted by molar-refractivity contribution is 5.73. The first-order valence-corrected chi connectivity index (χ1v) is 3.34. The number of hydrogen-bond donors (Lipinski definition) is 1. The second kappa shape index (κ2) is 3.25. The van der Waals surface area contributed by atoms with Gasteiger partial charge in [-0.2, -0.15) is 0 Å². The molecule has 0 fully saturated rings. The van der Waals surface area contributed by atoms with Crippen molar-refractivity contribution < 1.29 is 9.53 Å². The van der Waals surface area contributed by atoms with E-state index in [1.807, 2.05) is 6.08 Å². The van der Waals surface area contributed by atoms with Gasteiger partial charge in [-0.3, -0.25) is 4.79 Å². The summed E-state index contributed by atoms with van der Waals surface area (Å²) in [6.45, 7) is 2.21. The minimum atomic E-state index is 0.0107. The Hall–Kier alpha value is -0.990. The molecule has 0 spiro atoms. The fourth-order valence-electron chi connectivity index (χ4n) is 0.891. The first kappa shape index (κ1) is 7.12. The lowest BCUT2D eigenvalue weighted by atomic mass is 10.2. The van der Waals surface area contributed by atoms with Gasteiger partial charge in [0.2, 0.25) is 5.91 Å². The summed E-state index contributed by atoms with van der Waals surface area (Å²) in [5.74, 6) is 0.0107. The van der Waals surface area contributed by atoms with Crippen molar-refractivity contribution in [3.8, 4) is 0 Å². The van der Waals surface area contributed by atoms with Crippen LogP contribution in [-0.4, -0.2) is 18.6 Å². The number of rotatable bonds is 1. The molecule has 1 aliphatic heterocycles. The Morgan fingerprint density at radius 1 is 1.80 bits per heavy atom. The zero-order valence-corrected chi connectivity index (χ0v) is 5.96. The fraction of sp³-hybridized carbons (Fsp3) is 0.571. The molecule has 10 heavy (non-hydrogen) atoms. The first-order valence-electron chi connectivity index (χ1n) is 3.34. The molecule has 0 aromatic carbocycles. The van der Waals surface area contributed by atoms with Crippen LogP contribution in [0.25, 0.3) is 0 Å². The minimum Gasteiger partial charge on any atom is -0.501 e. The van der Waals surface area contributed by atoms with Crippen molar-refractivity contribution in [3.05, 3.63) is 12.3 Å². The predicted octanol–water partition coefficient (Wildman–Crippen LogP) is 0.425. The molecule has 1 N–H and O–H groups in total. The monoisotopic (exact) mass is 141 g/mol. The number of carbonyl (C=O) groups is 1. The maximum atomic E-state index is 10.5. The van der Waals surface area contributed by atoms with Gasteiger partial charge in [-0.05, 0) is 6.08 Å². The molecular formula is C7H11NO2. The first-order chi connectivity index (χ1) is 4.79. The molecule has 1 rings (SSSR count). The van der Waals surface area contributed by atoms with Crippen LogP contribution in [0.3, 0.4) is 0 Å². The Morgan fingerprint density at radius 3 is 3.10 bits per heavy atom. The summed E-state index contributed by atoms with van der Waals surface area (Å²) in [7, 11) is 0. The van der Waals surface area contributed by atoms with Crippen LogP contribution < -0.4 is 5.32 Å². The fourth-order valence-corrected chi connectivity index (χ4v) is 0.891. The predicted molar refractivity (Wildman–Crippen MR) is 37.3 cm³/mol. The van der Waals surface area contributed by atoms with Crippen molar-refractivity contribution in [3.63, 3.8) is 0 Å². The van der Waals surface area contributed by atoms with Crippen LogP contribution in [0.1, 0.15) is 13.3 Å². The zero-order chi connectivity index (χ0) is 7.40. The van der Waals surface area contributed by atoms with Crippen LogP contribution in [0.4, 0.5) is 0 Å². The third-order valence-electron chi connectivity index (χ3n) is 1.34. The van der Waals surface area contributed by atoms with E-state index in [1.54, 1.807) is 6.26 Å². The summed E-state index contributed by atoms with van der Waals surface area (Å²) in [5.41, 5.74) is 0. The van der Waals surface area contributed by atoms with E-state index in [0.29, 0.717) is 6.61 Å². The molecule has 3 nitrogen and oxygen atoms in total. The smallest absolute Gasteiger partial charge is 0.217 e. The lowest BCUT2D eigenvalue weighted by Gasteiger charge is -2.16. The third-order valence-corrected chi connectivity index (χ3v) is 1.34. The number of ether oxygens (including phenoxy) is 1. The molecule has 1 unspecified atom stereocenters. The Labute approximate surface area is 60.1 Å². The van der Waals surface area contributed by atoms with E-state index in [-0.39, 0.29) is 11.9 Å². The molecule has 3 heteroatoms. The quantitative estimate of drug-likeness (QED) is 0.575. The van der Waals surface area contributed by atoms with Gasteiger partial charge < -0.3 is 10.1 Å². The van der Waals surface area contributed by atoms with Gasteiger partial charge in [0.1, 0.15) is 0 Å². The number of carbonyl (C=O) groups excluding carboxylic acids is 1. The molecule has 0 aliphatic carbocycles. The van der Waals surface area contributed by atoms with E-state index in [2.05, 4.69) is 5.32 Å². The minimum absolute atomic E-state index is 0.0107. The lowest BCUT2D eigenvalue weighted by Crippen LogP contribution is -2.33. The summed E-state index contributed by atoms with van der Waals surface area (Å²) in [6, 6.07) is 0.172. The van der Waals surface area contributed by atoms with Crippen molar-refractivity contribution in [2.45, 2.75) is 19.4 Å². The van der Waals surface area contributed by atoms with Crippen LogP contribution in [0, 0.1) is 0 Å². The van der Waals surface area contributed by atoms with Gasteiger partial charge in [0, 0.05) is 13.3 Å². The van der Waals surface area contributed by atoms with Gasteiger partial charge in [-0.25, -0.2) is 0 Å². The number of nitrogens with one attached hydrogen (secondary N) is 1. The van der Waals surface area contributed by atoms with Crippen LogP contribution in [0.5, 0.6) is 0 Å². The maximum Gasteiger partial charge on any atom is 0.217 e. The van der Waals surface area contributed by atoms with Gasteiger partial charge in [-0.15, -0.1) is 0 Å². The Balaban J connectivity index is 2.33. The topological polar surface area (TPSA) is 38.3 Å².